The van der Waals surface area contributed by atoms with Crippen LogP contribution in [-0.2, 0) is 27.8 Å². The molecule has 31 heavy (non-hydrogen) atoms. The quantitative estimate of drug-likeness (QED) is 0.499. The maximum Gasteiger partial charge on any atom is 0.251 e. The van der Waals surface area contributed by atoms with E-state index < -0.39 is 16.1 Å². The second-order valence-electron chi connectivity index (χ2n) is 6.99. The number of rotatable bonds is 8. The molecule has 3 aromatic rings. The van der Waals surface area contributed by atoms with E-state index in [-0.39, 0.29) is 23.3 Å². The molecule has 8 heteroatoms. The Bertz CT molecular complexity index is 1130. The van der Waals surface area contributed by atoms with Gasteiger partial charge in [-0.1, -0.05) is 60.7 Å². The highest BCUT2D eigenvalue weighted by Gasteiger charge is 2.22. The summed E-state index contributed by atoms with van der Waals surface area (Å²) in [6.07, 6.45) is 0.329. The first-order chi connectivity index (χ1) is 14.8. The van der Waals surface area contributed by atoms with Crippen LogP contribution in [0.2, 0.25) is 0 Å². The van der Waals surface area contributed by atoms with Crippen molar-refractivity contribution in [3.8, 4) is 0 Å². The lowest BCUT2D eigenvalue weighted by molar-refractivity contribution is -0.123. The van der Waals surface area contributed by atoms with Crippen molar-refractivity contribution in [1.29, 1.82) is 0 Å². The first kappa shape index (κ1) is 22.2. The summed E-state index contributed by atoms with van der Waals surface area (Å²) in [4.78, 5) is 25.5. The average molecular weight is 438 g/mol. The van der Waals surface area contributed by atoms with Gasteiger partial charge >= 0.3 is 0 Å². The van der Waals surface area contributed by atoms with Gasteiger partial charge in [0.15, 0.2) is 0 Å². The summed E-state index contributed by atoms with van der Waals surface area (Å²) in [5.74, 6) is -0.683. The minimum Gasteiger partial charge on any atom is -0.350 e. The molecule has 0 aliphatic rings. The topological polar surface area (TPSA) is 118 Å². The Morgan fingerprint density at radius 3 is 1.97 bits per heavy atom. The smallest absolute Gasteiger partial charge is 0.251 e. The highest BCUT2D eigenvalue weighted by Crippen LogP contribution is 2.10. The fourth-order valence-corrected chi connectivity index (χ4v) is 3.51. The number of benzene rings is 3. The summed E-state index contributed by atoms with van der Waals surface area (Å²) in [5.41, 5.74) is 2.08. The van der Waals surface area contributed by atoms with Crippen LogP contribution in [0.4, 0.5) is 0 Å². The number of hydrogen-bond donors (Lipinski definition) is 3. The third-order valence-corrected chi connectivity index (χ3v) is 5.59. The first-order valence-electron chi connectivity index (χ1n) is 9.62. The summed E-state index contributed by atoms with van der Waals surface area (Å²) in [7, 11) is -3.77. The Kier molecular flexibility index (Phi) is 7.17. The van der Waals surface area contributed by atoms with Crippen LogP contribution in [0.1, 0.15) is 21.5 Å². The molecule has 0 fully saturated rings. The van der Waals surface area contributed by atoms with Crippen molar-refractivity contribution in [2.75, 3.05) is 0 Å². The number of sulfonamides is 1. The van der Waals surface area contributed by atoms with Crippen LogP contribution in [0, 0.1) is 0 Å². The number of primary sulfonamides is 1. The van der Waals surface area contributed by atoms with E-state index in [1.807, 2.05) is 36.4 Å². The van der Waals surface area contributed by atoms with Gasteiger partial charge in [0.2, 0.25) is 15.9 Å². The van der Waals surface area contributed by atoms with Gasteiger partial charge in [0, 0.05) is 18.5 Å². The van der Waals surface area contributed by atoms with Gasteiger partial charge in [-0.25, -0.2) is 13.6 Å². The number of carbonyl (C=O) groups excluding carboxylic acids is 2. The number of carbonyl (C=O) groups is 2. The number of nitrogens with two attached hydrogens (primary N) is 1. The van der Waals surface area contributed by atoms with Crippen LogP contribution in [0.3, 0.4) is 0 Å². The maximum absolute atomic E-state index is 12.9. The Morgan fingerprint density at radius 2 is 1.39 bits per heavy atom. The third-order valence-electron chi connectivity index (χ3n) is 4.66. The highest BCUT2D eigenvalue weighted by atomic mass is 32.2. The van der Waals surface area contributed by atoms with Crippen molar-refractivity contribution in [2.24, 2.45) is 5.14 Å². The number of amides is 2. The lowest BCUT2D eigenvalue weighted by atomic mass is 10.0. The Hall–Kier alpha value is -3.49. The van der Waals surface area contributed by atoms with Gasteiger partial charge in [-0.3, -0.25) is 9.59 Å². The molecule has 1 unspecified atom stereocenters. The zero-order valence-corrected chi connectivity index (χ0v) is 17.5. The minimum atomic E-state index is -3.77. The molecule has 160 valence electrons. The van der Waals surface area contributed by atoms with E-state index in [9.17, 15) is 18.0 Å². The predicted octanol–water partition coefficient (Wildman–Crippen LogP) is 1.99. The van der Waals surface area contributed by atoms with Gasteiger partial charge in [0.1, 0.15) is 6.04 Å². The number of hydrogen-bond acceptors (Lipinski definition) is 4. The predicted molar refractivity (Wildman–Crippen MR) is 118 cm³/mol. The summed E-state index contributed by atoms with van der Waals surface area (Å²) in [6.45, 7) is 0.177. The molecule has 0 aliphatic carbocycles. The fraction of sp³-hybridized carbons (Fsp3) is 0.130. The molecular weight excluding hydrogens is 414 g/mol. The molecule has 0 saturated carbocycles. The fourth-order valence-electron chi connectivity index (χ4n) is 3.00. The molecule has 0 bridgehead atoms. The van der Waals surface area contributed by atoms with Crippen LogP contribution in [0.5, 0.6) is 0 Å². The van der Waals surface area contributed by atoms with E-state index in [2.05, 4.69) is 10.6 Å². The van der Waals surface area contributed by atoms with E-state index in [0.29, 0.717) is 17.5 Å². The largest absolute Gasteiger partial charge is 0.350 e. The van der Waals surface area contributed by atoms with Gasteiger partial charge in [0.05, 0.1) is 4.90 Å². The van der Waals surface area contributed by atoms with Crippen molar-refractivity contribution < 1.29 is 18.0 Å². The second-order valence-corrected chi connectivity index (χ2v) is 8.55. The van der Waals surface area contributed by atoms with Crippen LogP contribution in [0.25, 0.3) is 0 Å². The molecule has 0 radical (unpaired) electrons. The molecule has 1 atom stereocenters. The van der Waals surface area contributed by atoms with Crippen LogP contribution < -0.4 is 15.8 Å². The Morgan fingerprint density at radius 1 is 0.806 bits per heavy atom. The molecule has 4 N–H and O–H groups in total. The van der Waals surface area contributed by atoms with Crippen molar-refractivity contribution in [3.63, 3.8) is 0 Å². The summed E-state index contributed by atoms with van der Waals surface area (Å²) >= 11 is 0. The normalized spacial score (nSPS) is 12.0. The van der Waals surface area contributed by atoms with Crippen molar-refractivity contribution in [1.82, 2.24) is 10.6 Å². The lowest BCUT2D eigenvalue weighted by Gasteiger charge is -2.19. The zero-order valence-electron chi connectivity index (χ0n) is 16.7. The van der Waals surface area contributed by atoms with E-state index in [1.54, 1.807) is 36.4 Å². The average Bonchev–Trinajstić information content (AvgIpc) is 2.78. The van der Waals surface area contributed by atoms with Crippen molar-refractivity contribution in [3.05, 3.63) is 102 Å². The van der Waals surface area contributed by atoms with Gasteiger partial charge < -0.3 is 10.6 Å². The van der Waals surface area contributed by atoms with Crippen LogP contribution in [0.15, 0.2) is 89.8 Å². The lowest BCUT2D eigenvalue weighted by Crippen LogP contribution is -2.47. The summed E-state index contributed by atoms with van der Waals surface area (Å²) in [6, 6.07) is 23.2. The molecule has 3 rings (SSSR count). The van der Waals surface area contributed by atoms with Crippen LogP contribution in [-0.4, -0.2) is 26.3 Å². The van der Waals surface area contributed by atoms with Gasteiger partial charge in [-0.15, -0.1) is 0 Å². The van der Waals surface area contributed by atoms with Gasteiger partial charge in [0.25, 0.3) is 5.91 Å². The minimum absolute atomic E-state index is 0.000319. The Labute approximate surface area is 181 Å². The standard InChI is InChI=1S/C23H23N3O4S/c24-31(29,30)20-13-11-18(12-14-20)16-25-23(28)21(15-17-7-3-1-4-8-17)26-22(27)19-9-5-2-6-10-19/h1-14,21H,15-16H2,(H,25,28)(H,26,27)(H2,24,29,30). The SMILES string of the molecule is NS(=O)(=O)c1ccc(CNC(=O)C(Cc2ccccc2)NC(=O)c2ccccc2)cc1. The van der Waals surface area contributed by atoms with Crippen LogP contribution >= 0.6 is 0 Å². The van der Waals surface area contributed by atoms with Gasteiger partial charge in [-0.05, 0) is 35.4 Å². The molecule has 0 aliphatic heterocycles. The molecule has 0 spiro atoms. The summed E-state index contributed by atoms with van der Waals surface area (Å²) in [5, 5.41) is 10.7. The third kappa shape index (κ3) is 6.50. The first-order valence-corrected chi connectivity index (χ1v) is 11.2. The number of nitrogens with one attached hydrogen (secondary N) is 2. The van der Waals surface area contributed by atoms with E-state index in [0.717, 1.165) is 5.56 Å². The van der Waals surface area contributed by atoms with E-state index >= 15 is 0 Å². The highest BCUT2D eigenvalue weighted by molar-refractivity contribution is 7.89. The molecular formula is C23H23N3O4S. The second kappa shape index (κ2) is 10.0. The van der Waals surface area contributed by atoms with Gasteiger partial charge in [-0.2, -0.15) is 0 Å². The molecule has 2 amide bonds. The van der Waals surface area contributed by atoms with Crippen molar-refractivity contribution >= 4 is 21.8 Å². The molecule has 7 nitrogen and oxygen atoms in total. The molecule has 3 aromatic carbocycles. The molecule has 0 aromatic heterocycles. The summed E-state index contributed by atoms with van der Waals surface area (Å²) < 4.78 is 22.7. The maximum atomic E-state index is 12.9. The Balaban J connectivity index is 1.70. The molecule has 0 saturated heterocycles. The zero-order chi connectivity index (χ0) is 22.3. The van der Waals surface area contributed by atoms with Crippen molar-refractivity contribution in [2.45, 2.75) is 23.9 Å². The molecule has 0 heterocycles. The monoisotopic (exact) mass is 437 g/mol. The van der Waals surface area contributed by atoms with E-state index in [4.69, 9.17) is 5.14 Å². The van der Waals surface area contributed by atoms with E-state index in [1.165, 1.54) is 12.1 Å².